The van der Waals surface area contributed by atoms with Crippen LogP contribution in [0.2, 0.25) is 25.2 Å². The van der Waals surface area contributed by atoms with E-state index in [1.807, 2.05) is 19.1 Å². The van der Waals surface area contributed by atoms with Crippen molar-refractivity contribution >= 4 is 18.1 Å². The minimum absolute atomic E-state index is 0.123. The number of aryl methyl sites for hydroxylation is 1. The van der Waals surface area contributed by atoms with E-state index in [1.165, 1.54) is 25.7 Å². The molecule has 0 amide bonds. The number of hydrogen-bond donors (Lipinski definition) is 1. The molecule has 3 nitrogen and oxygen atoms in total. The minimum atomic E-state index is -3.46. The van der Waals surface area contributed by atoms with Crippen LogP contribution < -0.4 is 4.72 Å². The molecule has 0 radical (unpaired) electrons. The van der Waals surface area contributed by atoms with Gasteiger partial charge in [0.1, 0.15) is 0 Å². The van der Waals surface area contributed by atoms with Gasteiger partial charge in [-0.3, -0.25) is 0 Å². The Morgan fingerprint density at radius 3 is 2.25 bits per heavy atom. The number of hydrogen-bond acceptors (Lipinski definition) is 2. The van der Waals surface area contributed by atoms with E-state index in [0.717, 1.165) is 12.0 Å². The lowest BCUT2D eigenvalue weighted by molar-refractivity contribution is 0.368. The van der Waals surface area contributed by atoms with E-state index in [-0.39, 0.29) is 5.41 Å². The van der Waals surface area contributed by atoms with Gasteiger partial charge in [-0.25, -0.2) is 13.1 Å². The molecular formula is C23H41NO2SSi. The highest BCUT2D eigenvalue weighted by Gasteiger charge is 2.25. The van der Waals surface area contributed by atoms with Crippen molar-refractivity contribution in [1.82, 2.24) is 4.72 Å². The van der Waals surface area contributed by atoms with Crippen LogP contribution in [0.5, 0.6) is 0 Å². The Kier molecular flexibility index (Phi) is 9.64. The van der Waals surface area contributed by atoms with Gasteiger partial charge in [0.15, 0.2) is 0 Å². The second-order valence-corrected chi connectivity index (χ2v) is 17.1. The average Bonchev–Trinajstić information content (AvgIpc) is 2.58. The molecule has 1 rings (SSSR count). The molecule has 1 aromatic rings. The van der Waals surface area contributed by atoms with Crippen LogP contribution in [-0.4, -0.2) is 23.0 Å². The molecule has 1 unspecified atom stereocenters. The van der Waals surface area contributed by atoms with E-state index in [9.17, 15) is 8.42 Å². The predicted molar refractivity (Wildman–Crippen MR) is 125 cm³/mol. The summed E-state index contributed by atoms with van der Waals surface area (Å²) < 4.78 is 27.8. The average molecular weight is 424 g/mol. The van der Waals surface area contributed by atoms with E-state index in [2.05, 4.69) is 57.3 Å². The van der Waals surface area contributed by atoms with Crippen molar-refractivity contribution in [2.75, 3.05) is 6.54 Å². The first-order chi connectivity index (χ1) is 12.9. The van der Waals surface area contributed by atoms with Gasteiger partial charge in [-0.15, -0.1) is 0 Å². The molecule has 0 bridgehead atoms. The summed E-state index contributed by atoms with van der Waals surface area (Å²) >= 11 is 0. The quantitative estimate of drug-likeness (QED) is 0.236. The van der Waals surface area contributed by atoms with Gasteiger partial charge >= 0.3 is 0 Å². The maximum Gasteiger partial charge on any atom is 0.240 e. The number of rotatable bonds is 12. The van der Waals surface area contributed by atoms with Gasteiger partial charge in [0.05, 0.1) is 13.0 Å². The van der Waals surface area contributed by atoms with Crippen molar-refractivity contribution in [3.8, 4) is 0 Å². The van der Waals surface area contributed by atoms with Crippen molar-refractivity contribution in [3.63, 3.8) is 0 Å². The number of benzene rings is 1. The van der Waals surface area contributed by atoms with Gasteiger partial charge in [0.25, 0.3) is 0 Å². The SMILES string of the molecule is CCCCCC(/C=C/CC(C)(C)CNS(=O)(=O)c1ccc(C)cc1)[Si](C)(C)C. The molecule has 5 heteroatoms. The van der Waals surface area contributed by atoms with E-state index in [1.54, 1.807) is 12.1 Å². The summed E-state index contributed by atoms with van der Waals surface area (Å²) in [4.78, 5) is 0.333. The Labute approximate surface area is 175 Å². The number of allylic oxidation sites excluding steroid dienone is 2. The molecule has 0 aliphatic heterocycles. The third-order valence-corrected chi connectivity index (χ3v) is 9.46. The summed E-state index contributed by atoms with van der Waals surface area (Å²) in [5.41, 5.74) is 1.63. The Hall–Kier alpha value is -0.913. The van der Waals surface area contributed by atoms with Crippen LogP contribution in [0.25, 0.3) is 0 Å². The standard InChI is InChI=1S/C23H41NO2SSi/c1-8-9-10-12-22(28(5,6)7)13-11-18-23(3,4)19-24-27(25,26)21-16-14-20(2)15-17-21/h11,13-17,22,24H,8-10,12,18-19H2,1-7H3/b13-11+. The van der Waals surface area contributed by atoms with Crippen LogP contribution in [0, 0.1) is 12.3 Å². The monoisotopic (exact) mass is 423 g/mol. The first-order valence-corrected chi connectivity index (χ1v) is 15.7. The molecule has 0 saturated heterocycles. The molecule has 0 aliphatic rings. The third-order valence-electron chi connectivity index (χ3n) is 5.34. The maximum absolute atomic E-state index is 12.5. The van der Waals surface area contributed by atoms with Gasteiger partial charge in [0, 0.05) is 6.54 Å². The molecule has 1 aromatic carbocycles. The number of nitrogens with one attached hydrogen (secondary N) is 1. The van der Waals surface area contributed by atoms with Crippen molar-refractivity contribution in [2.45, 2.75) is 89.9 Å². The highest BCUT2D eigenvalue weighted by molar-refractivity contribution is 7.89. The normalized spacial score (nSPS) is 14.5. The fourth-order valence-electron chi connectivity index (χ4n) is 3.15. The van der Waals surface area contributed by atoms with Crippen LogP contribution in [0.3, 0.4) is 0 Å². The second-order valence-electron chi connectivity index (χ2n) is 9.90. The Bertz CT molecular complexity index is 716. The molecule has 0 aromatic heterocycles. The van der Waals surface area contributed by atoms with E-state index >= 15 is 0 Å². The van der Waals surface area contributed by atoms with E-state index < -0.39 is 18.1 Å². The maximum atomic E-state index is 12.5. The van der Waals surface area contributed by atoms with Crippen molar-refractivity contribution in [1.29, 1.82) is 0 Å². The zero-order valence-electron chi connectivity index (χ0n) is 19.0. The smallest absolute Gasteiger partial charge is 0.211 e. The largest absolute Gasteiger partial charge is 0.240 e. The van der Waals surface area contributed by atoms with Crippen LogP contribution in [0.15, 0.2) is 41.3 Å². The summed E-state index contributed by atoms with van der Waals surface area (Å²) in [6, 6.07) is 6.99. The topological polar surface area (TPSA) is 46.2 Å². The third kappa shape index (κ3) is 9.06. The first-order valence-electron chi connectivity index (χ1n) is 10.6. The van der Waals surface area contributed by atoms with Crippen LogP contribution in [0.1, 0.15) is 58.4 Å². The molecule has 0 saturated carbocycles. The minimum Gasteiger partial charge on any atom is -0.211 e. The molecule has 160 valence electrons. The number of sulfonamides is 1. The molecule has 0 fully saturated rings. The van der Waals surface area contributed by atoms with Gasteiger partial charge in [-0.2, -0.15) is 0 Å². The molecule has 0 spiro atoms. The molecular weight excluding hydrogens is 382 g/mol. The van der Waals surface area contributed by atoms with Gasteiger partial charge in [0.2, 0.25) is 10.0 Å². The van der Waals surface area contributed by atoms with E-state index in [4.69, 9.17) is 0 Å². The summed E-state index contributed by atoms with van der Waals surface area (Å²) in [5.74, 6) is 0. The fraction of sp³-hybridized carbons (Fsp3) is 0.652. The molecule has 0 heterocycles. The van der Waals surface area contributed by atoms with Crippen LogP contribution in [0.4, 0.5) is 0 Å². The highest BCUT2D eigenvalue weighted by Crippen LogP contribution is 2.30. The lowest BCUT2D eigenvalue weighted by atomic mass is 9.89. The Morgan fingerprint density at radius 1 is 1.11 bits per heavy atom. The van der Waals surface area contributed by atoms with Gasteiger partial charge in [-0.1, -0.05) is 89.5 Å². The summed E-state index contributed by atoms with van der Waals surface area (Å²) in [6.07, 6.45) is 10.7. The highest BCUT2D eigenvalue weighted by atomic mass is 32.2. The lowest BCUT2D eigenvalue weighted by Gasteiger charge is -2.27. The van der Waals surface area contributed by atoms with Crippen molar-refractivity contribution in [3.05, 3.63) is 42.0 Å². The Morgan fingerprint density at radius 2 is 1.71 bits per heavy atom. The fourth-order valence-corrected chi connectivity index (χ4v) is 6.17. The van der Waals surface area contributed by atoms with E-state index in [0.29, 0.717) is 17.0 Å². The number of unbranched alkanes of at least 4 members (excludes halogenated alkanes) is 2. The first kappa shape index (κ1) is 25.1. The molecule has 1 atom stereocenters. The van der Waals surface area contributed by atoms with Gasteiger partial charge in [-0.05, 0) is 42.9 Å². The van der Waals surface area contributed by atoms with Crippen molar-refractivity contribution < 1.29 is 8.42 Å². The van der Waals surface area contributed by atoms with Crippen LogP contribution >= 0.6 is 0 Å². The zero-order chi connectivity index (χ0) is 21.4. The van der Waals surface area contributed by atoms with Crippen LogP contribution in [-0.2, 0) is 10.0 Å². The predicted octanol–water partition coefficient (Wildman–Crippen LogP) is 6.53. The summed E-state index contributed by atoms with van der Waals surface area (Å²) in [6.45, 7) is 16.2. The molecule has 0 aliphatic carbocycles. The summed E-state index contributed by atoms with van der Waals surface area (Å²) in [7, 11) is -4.69. The summed E-state index contributed by atoms with van der Waals surface area (Å²) in [5, 5.41) is 0. The van der Waals surface area contributed by atoms with Crippen molar-refractivity contribution in [2.24, 2.45) is 5.41 Å². The molecule has 28 heavy (non-hydrogen) atoms. The zero-order valence-corrected chi connectivity index (χ0v) is 20.8. The second kappa shape index (κ2) is 10.7. The molecule has 1 N–H and O–H groups in total. The van der Waals surface area contributed by atoms with Gasteiger partial charge < -0.3 is 0 Å². The lowest BCUT2D eigenvalue weighted by Crippen LogP contribution is -2.33. The Balaban J connectivity index is 2.66.